The standard InChI is InChI=1S/C12H24O2/c1-9-12(5,13)8-6-7-10(14-9)11(2,3)4/h9-10,13H,6-8H2,1-5H3/t9-,10+,12+/m1/s1. The lowest BCUT2D eigenvalue weighted by Crippen LogP contribution is -2.41. The van der Waals surface area contributed by atoms with Gasteiger partial charge in [0.1, 0.15) is 0 Å². The van der Waals surface area contributed by atoms with Gasteiger partial charge in [-0.1, -0.05) is 20.8 Å². The highest BCUT2D eigenvalue weighted by Crippen LogP contribution is 2.34. The zero-order valence-corrected chi connectivity index (χ0v) is 10.1. The first-order valence-electron chi connectivity index (χ1n) is 5.61. The van der Waals surface area contributed by atoms with Crippen LogP contribution in [0.1, 0.15) is 53.9 Å². The van der Waals surface area contributed by atoms with E-state index in [0.717, 1.165) is 19.3 Å². The molecule has 1 aliphatic rings. The summed E-state index contributed by atoms with van der Waals surface area (Å²) in [4.78, 5) is 0. The molecule has 0 bridgehead atoms. The van der Waals surface area contributed by atoms with Crippen LogP contribution in [0.2, 0.25) is 0 Å². The summed E-state index contributed by atoms with van der Waals surface area (Å²) < 4.78 is 5.94. The van der Waals surface area contributed by atoms with E-state index in [1.165, 1.54) is 0 Å². The maximum absolute atomic E-state index is 10.1. The van der Waals surface area contributed by atoms with Gasteiger partial charge in [0, 0.05) is 0 Å². The minimum absolute atomic E-state index is 0.0609. The van der Waals surface area contributed by atoms with Crippen LogP contribution >= 0.6 is 0 Å². The van der Waals surface area contributed by atoms with Crippen molar-refractivity contribution in [1.82, 2.24) is 0 Å². The third kappa shape index (κ3) is 2.71. The van der Waals surface area contributed by atoms with Crippen molar-refractivity contribution in [1.29, 1.82) is 0 Å². The molecule has 0 aromatic rings. The fourth-order valence-electron chi connectivity index (χ4n) is 1.95. The van der Waals surface area contributed by atoms with E-state index in [0.29, 0.717) is 0 Å². The maximum Gasteiger partial charge on any atom is 0.0877 e. The quantitative estimate of drug-likeness (QED) is 0.651. The molecule has 1 fully saturated rings. The Morgan fingerprint density at radius 1 is 1.36 bits per heavy atom. The SMILES string of the molecule is C[C@H]1O[C@H](C(C)(C)C)CCC[C@]1(C)O. The summed E-state index contributed by atoms with van der Waals surface area (Å²) in [5, 5.41) is 10.1. The van der Waals surface area contributed by atoms with Crippen LogP contribution in [-0.2, 0) is 4.74 Å². The molecule has 0 unspecified atom stereocenters. The number of hydrogen-bond donors (Lipinski definition) is 1. The van der Waals surface area contributed by atoms with Gasteiger partial charge >= 0.3 is 0 Å². The molecule has 0 amide bonds. The lowest BCUT2D eigenvalue weighted by Gasteiger charge is -2.34. The Labute approximate surface area is 87.7 Å². The topological polar surface area (TPSA) is 29.5 Å². The third-order valence-electron chi connectivity index (χ3n) is 3.36. The van der Waals surface area contributed by atoms with Crippen LogP contribution in [-0.4, -0.2) is 22.9 Å². The van der Waals surface area contributed by atoms with Crippen molar-refractivity contribution in [2.75, 3.05) is 0 Å². The van der Waals surface area contributed by atoms with Crippen molar-refractivity contribution < 1.29 is 9.84 Å². The minimum atomic E-state index is -0.653. The summed E-state index contributed by atoms with van der Waals surface area (Å²) in [7, 11) is 0. The van der Waals surface area contributed by atoms with E-state index in [1.54, 1.807) is 0 Å². The van der Waals surface area contributed by atoms with E-state index in [4.69, 9.17) is 4.74 Å². The van der Waals surface area contributed by atoms with E-state index in [1.807, 2.05) is 13.8 Å². The van der Waals surface area contributed by atoms with Gasteiger partial charge in [0.25, 0.3) is 0 Å². The van der Waals surface area contributed by atoms with Crippen molar-refractivity contribution in [3.63, 3.8) is 0 Å². The van der Waals surface area contributed by atoms with Crippen molar-refractivity contribution in [2.45, 2.75) is 71.7 Å². The fourth-order valence-corrected chi connectivity index (χ4v) is 1.95. The summed E-state index contributed by atoms with van der Waals surface area (Å²) in [6.45, 7) is 10.5. The van der Waals surface area contributed by atoms with Gasteiger partial charge in [0.05, 0.1) is 17.8 Å². The molecule has 1 rings (SSSR count). The molecule has 0 aliphatic carbocycles. The molecular formula is C12H24O2. The number of hydrogen-bond acceptors (Lipinski definition) is 2. The molecule has 84 valence electrons. The molecule has 0 saturated carbocycles. The monoisotopic (exact) mass is 200 g/mol. The second-order valence-corrected chi connectivity index (χ2v) is 5.88. The first-order chi connectivity index (χ1) is 6.23. The van der Waals surface area contributed by atoms with Gasteiger partial charge in [-0.05, 0) is 38.5 Å². The first-order valence-corrected chi connectivity index (χ1v) is 5.61. The molecule has 14 heavy (non-hydrogen) atoms. The molecule has 1 aliphatic heterocycles. The lowest BCUT2D eigenvalue weighted by atomic mass is 9.86. The number of rotatable bonds is 0. The van der Waals surface area contributed by atoms with Crippen LogP contribution in [0, 0.1) is 5.41 Å². The van der Waals surface area contributed by atoms with Gasteiger partial charge in [-0.15, -0.1) is 0 Å². The van der Waals surface area contributed by atoms with Crippen molar-refractivity contribution >= 4 is 0 Å². The average molecular weight is 200 g/mol. The van der Waals surface area contributed by atoms with E-state index in [-0.39, 0.29) is 17.6 Å². The number of aliphatic hydroxyl groups is 1. The minimum Gasteiger partial charge on any atom is -0.387 e. The van der Waals surface area contributed by atoms with Gasteiger partial charge in [0.2, 0.25) is 0 Å². The third-order valence-corrected chi connectivity index (χ3v) is 3.36. The maximum atomic E-state index is 10.1. The molecule has 1 N–H and O–H groups in total. The Balaban J connectivity index is 2.70. The van der Waals surface area contributed by atoms with Gasteiger partial charge in [-0.25, -0.2) is 0 Å². The van der Waals surface area contributed by atoms with Crippen LogP contribution in [0.4, 0.5) is 0 Å². The van der Waals surface area contributed by atoms with Crippen LogP contribution in [0.5, 0.6) is 0 Å². The van der Waals surface area contributed by atoms with E-state index < -0.39 is 5.60 Å². The molecule has 0 aromatic heterocycles. The molecule has 2 nitrogen and oxygen atoms in total. The zero-order valence-electron chi connectivity index (χ0n) is 10.1. The summed E-state index contributed by atoms with van der Waals surface area (Å²) in [6, 6.07) is 0. The van der Waals surface area contributed by atoms with Crippen LogP contribution in [0.3, 0.4) is 0 Å². The molecule has 0 radical (unpaired) electrons. The van der Waals surface area contributed by atoms with Crippen molar-refractivity contribution in [2.24, 2.45) is 5.41 Å². The highest BCUT2D eigenvalue weighted by Gasteiger charge is 2.37. The Bertz CT molecular complexity index is 191. The summed E-state index contributed by atoms with van der Waals surface area (Å²) in [6.07, 6.45) is 3.17. The largest absolute Gasteiger partial charge is 0.387 e. The number of ether oxygens (including phenoxy) is 1. The molecule has 0 aromatic carbocycles. The Morgan fingerprint density at radius 2 is 1.93 bits per heavy atom. The normalized spacial score (nSPS) is 40.7. The van der Waals surface area contributed by atoms with Gasteiger partial charge < -0.3 is 9.84 Å². The lowest BCUT2D eigenvalue weighted by molar-refractivity contribution is -0.129. The zero-order chi connectivity index (χ0) is 11.0. The van der Waals surface area contributed by atoms with Gasteiger partial charge in [0.15, 0.2) is 0 Å². The van der Waals surface area contributed by atoms with Crippen molar-refractivity contribution in [3.05, 3.63) is 0 Å². The van der Waals surface area contributed by atoms with Crippen LogP contribution in [0.25, 0.3) is 0 Å². The fraction of sp³-hybridized carbons (Fsp3) is 1.00. The predicted octanol–water partition coefficient (Wildman–Crippen LogP) is 2.74. The highest BCUT2D eigenvalue weighted by molar-refractivity contribution is 4.87. The molecule has 3 atom stereocenters. The molecule has 1 saturated heterocycles. The first kappa shape index (κ1) is 12.0. The van der Waals surface area contributed by atoms with E-state index >= 15 is 0 Å². The van der Waals surface area contributed by atoms with Gasteiger partial charge in [-0.3, -0.25) is 0 Å². The molecule has 1 heterocycles. The molecule has 0 spiro atoms. The van der Waals surface area contributed by atoms with E-state index in [9.17, 15) is 5.11 Å². The predicted molar refractivity (Wildman–Crippen MR) is 58.3 cm³/mol. The molecule has 2 heteroatoms. The highest BCUT2D eigenvalue weighted by atomic mass is 16.5. The Morgan fingerprint density at radius 3 is 2.43 bits per heavy atom. The van der Waals surface area contributed by atoms with Crippen LogP contribution in [0.15, 0.2) is 0 Å². The summed E-state index contributed by atoms with van der Waals surface area (Å²) in [5.74, 6) is 0. The van der Waals surface area contributed by atoms with Gasteiger partial charge in [-0.2, -0.15) is 0 Å². The van der Waals surface area contributed by atoms with Crippen molar-refractivity contribution in [3.8, 4) is 0 Å². The Hall–Kier alpha value is -0.0800. The molecular weight excluding hydrogens is 176 g/mol. The smallest absolute Gasteiger partial charge is 0.0877 e. The second kappa shape index (κ2) is 3.82. The van der Waals surface area contributed by atoms with Crippen LogP contribution < -0.4 is 0 Å². The van der Waals surface area contributed by atoms with E-state index in [2.05, 4.69) is 20.8 Å². The summed E-state index contributed by atoms with van der Waals surface area (Å²) >= 11 is 0. The summed E-state index contributed by atoms with van der Waals surface area (Å²) in [5.41, 5.74) is -0.478. The Kier molecular flexibility index (Phi) is 3.27. The average Bonchev–Trinajstić information content (AvgIpc) is 2.10. The second-order valence-electron chi connectivity index (χ2n) is 5.88.